The van der Waals surface area contributed by atoms with E-state index >= 15 is 0 Å². The normalized spacial score (nSPS) is 21.4. The van der Waals surface area contributed by atoms with Crippen LogP contribution in [0.15, 0.2) is 24.3 Å². The van der Waals surface area contributed by atoms with E-state index in [-0.39, 0.29) is 0 Å². The van der Waals surface area contributed by atoms with E-state index in [1.807, 2.05) is 13.0 Å². The van der Waals surface area contributed by atoms with Crippen molar-refractivity contribution in [1.29, 1.82) is 0 Å². The number of hydrogen-bond acceptors (Lipinski definition) is 3. The average Bonchev–Trinajstić information content (AvgIpc) is 2.30. The third-order valence-electron chi connectivity index (χ3n) is 3.07. The molecular weight excluding hydrogens is 212 g/mol. The van der Waals surface area contributed by atoms with Crippen molar-refractivity contribution in [3.8, 4) is 5.75 Å². The first-order valence-electron chi connectivity index (χ1n) is 6.45. The van der Waals surface area contributed by atoms with Gasteiger partial charge in [0.1, 0.15) is 5.75 Å². The van der Waals surface area contributed by atoms with Crippen LogP contribution in [-0.2, 0) is 6.54 Å². The van der Waals surface area contributed by atoms with Crippen LogP contribution >= 0.6 is 0 Å². The SMILES string of the molecule is CCOc1cccc(CN2CCN[C@@H](C)C2)c1. The molecule has 0 bridgehead atoms. The lowest BCUT2D eigenvalue weighted by molar-refractivity contribution is 0.199. The molecule has 1 aromatic rings. The summed E-state index contributed by atoms with van der Waals surface area (Å²) in [5.41, 5.74) is 1.34. The standard InChI is InChI=1S/C14H22N2O/c1-3-17-14-6-4-5-13(9-14)11-16-8-7-15-12(2)10-16/h4-6,9,12,15H,3,7-8,10-11H2,1-2H3/t12-/m0/s1. The van der Waals surface area contributed by atoms with Gasteiger partial charge in [-0.1, -0.05) is 12.1 Å². The van der Waals surface area contributed by atoms with Gasteiger partial charge in [-0.2, -0.15) is 0 Å². The Kier molecular flexibility index (Phi) is 4.40. The average molecular weight is 234 g/mol. The molecule has 3 heteroatoms. The van der Waals surface area contributed by atoms with Crippen LogP contribution in [0.1, 0.15) is 19.4 Å². The van der Waals surface area contributed by atoms with Gasteiger partial charge in [0.05, 0.1) is 6.61 Å². The van der Waals surface area contributed by atoms with E-state index in [4.69, 9.17) is 4.74 Å². The molecule has 1 aliphatic heterocycles. The summed E-state index contributed by atoms with van der Waals surface area (Å²) in [5, 5.41) is 3.46. The molecule has 0 amide bonds. The van der Waals surface area contributed by atoms with Crippen LogP contribution in [0.4, 0.5) is 0 Å². The van der Waals surface area contributed by atoms with Gasteiger partial charge in [-0.25, -0.2) is 0 Å². The van der Waals surface area contributed by atoms with E-state index in [0.717, 1.165) is 38.5 Å². The molecule has 1 atom stereocenters. The first-order valence-corrected chi connectivity index (χ1v) is 6.45. The van der Waals surface area contributed by atoms with Gasteiger partial charge in [-0.3, -0.25) is 4.90 Å². The minimum absolute atomic E-state index is 0.596. The van der Waals surface area contributed by atoms with Gasteiger partial charge in [0.15, 0.2) is 0 Å². The maximum Gasteiger partial charge on any atom is 0.119 e. The Hall–Kier alpha value is -1.06. The van der Waals surface area contributed by atoms with E-state index < -0.39 is 0 Å². The monoisotopic (exact) mass is 234 g/mol. The van der Waals surface area contributed by atoms with Gasteiger partial charge in [0.25, 0.3) is 0 Å². The fraction of sp³-hybridized carbons (Fsp3) is 0.571. The number of benzene rings is 1. The van der Waals surface area contributed by atoms with E-state index in [9.17, 15) is 0 Å². The van der Waals surface area contributed by atoms with Gasteiger partial charge < -0.3 is 10.1 Å². The maximum absolute atomic E-state index is 5.53. The highest BCUT2D eigenvalue weighted by Crippen LogP contribution is 2.15. The molecule has 1 N–H and O–H groups in total. The van der Waals surface area contributed by atoms with Crippen molar-refractivity contribution in [2.24, 2.45) is 0 Å². The van der Waals surface area contributed by atoms with Crippen molar-refractivity contribution >= 4 is 0 Å². The Morgan fingerprint density at radius 2 is 2.35 bits per heavy atom. The van der Waals surface area contributed by atoms with Crippen molar-refractivity contribution in [3.05, 3.63) is 29.8 Å². The summed E-state index contributed by atoms with van der Waals surface area (Å²) in [4.78, 5) is 2.49. The first kappa shape index (κ1) is 12.4. The minimum Gasteiger partial charge on any atom is -0.494 e. The van der Waals surface area contributed by atoms with E-state index in [0.29, 0.717) is 6.04 Å². The second kappa shape index (κ2) is 6.03. The smallest absolute Gasteiger partial charge is 0.119 e. The largest absolute Gasteiger partial charge is 0.494 e. The number of rotatable bonds is 4. The Balaban J connectivity index is 1.95. The Morgan fingerprint density at radius 1 is 1.47 bits per heavy atom. The number of nitrogens with zero attached hydrogens (tertiary/aromatic N) is 1. The molecule has 1 aliphatic rings. The molecule has 3 nitrogen and oxygen atoms in total. The third-order valence-corrected chi connectivity index (χ3v) is 3.07. The predicted molar refractivity (Wildman–Crippen MR) is 70.4 cm³/mol. The second-order valence-electron chi connectivity index (χ2n) is 4.67. The Bertz CT molecular complexity index is 354. The summed E-state index contributed by atoms with van der Waals surface area (Å²) in [6, 6.07) is 9.02. The molecule has 1 heterocycles. The molecule has 1 fully saturated rings. The van der Waals surface area contributed by atoms with Gasteiger partial charge in [-0.15, -0.1) is 0 Å². The van der Waals surface area contributed by atoms with E-state index in [1.54, 1.807) is 0 Å². The van der Waals surface area contributed by atoms with Crippen LogP contribution in [0.2, 0.25) is 0 Å². The topological polar surface area (TPSA) is 24.5 Å². The number of nitrogens with one attached hydrogen (secondary N) is 1. The fourth-order valence-electron chi connectivity index (χ4n) is 2.31. The summed E-state index contributed by atoms with van der Waals surface area (Å²) >= 11 is 0. The summed E-state index contributed by atoms with van der Waals surface area (Å²) < 4.78 is 5.53. The van der Waals surface area contributed by atoms with Crippen LogP contribution in [0.25, 0.3) is 0 Å². The van der Waals surface area contributed by atoms with E-state index in [2.05, 4.69) is 35.3 Å². The zero-order chi connectivity index (χ0) is 12.1. The maximum atomic E-state index is 5.53. The van der Waals surface area contributed by atoms with Crippen molar-refractivity contribution in [2.45, 2.75) is 26.4 Å². The van der Waals surface area contributed by atoms with Crippen LogP contribution in [0.5, 0.6) is 5.75 Å². The summed E-state index contributed by atoms with van der Waals surface area (Å²) in [6.45, 7) is 9.35. The van der Waals surface area contributed by atoms with Crippen LogP contribution < -0.4 is 10.1 Å². The highest BCUT2D eigenvalue weighted by atomic mass is 16.5. The van der Waals surface area contributed by atoms with Crippen LogP contribution in [0.3, 0.4) is 0 Å². The Morgan fingerprint density at radius 3 is 3.12 bits per heavy atom. The zero-order valence-electron chi connectivity index (χ0n) is 10.8. The molecule has 0 radical (unpaired) electrons. The van der Waals surface area contributed by atoms with Gasteiger partial charge in [0.2, 0.25) is 0 Å². The molecule has 2 rings (SSSR count). The van der Waals surface area contributed by atoms with Gasteiger partial charge in [-0.05, 0) is 31.5 Å². The van der Waals surface area contributed by atoms with Gasteiger partial charge >= 0.3 is 0 Å². The molecule has 0 aromatic heterocycles. The van der Waals surface area contributed by atoms with Crippen molar-refractivity contribution in [2.75, 3.05) is 26.2 Å². The fourth-order valence-corrected chi connectivity index (χ4v) is 2.31. The minimum atomic E-state index is 0.596. The van der Waals surface area contributed by atoms with Crippen LogP contribution in [-0.4, -0.2) is 37.2 Å². The summed E-state index contributed by atoms with van der Waals surface area (Å²) in [5.74, 6) is 0.980. The molecular formula is C14H22N2O. The molecule has 0 aliphatic carbocycles. The second-order valence-corrected chi connectivity index (χ2v) is 4.67. The molecule has 0 saturated carbocycles. The van der Waals surface area contributed by atoms with Crippen molar-refractivity contribution in [3.63, 3.8) is 0 Å². The number of piperazine rings is 1. The lowest BCUT2D eigenvalue weighted by Gasteiger charge is -2.31. The number of hydrogen-bond donors (Lipinski definition) is 1. The van der Waals surface area contributed by atoms with E-state index in [1.165, 1.54) is 5.56 Å². The quantitative estimate of drug-likeness (QED) is 0.861. The first-order chi connectivity index (χ1) is 8.28. The molecule has 0 spiro atoms. The van der Waals surface area contributed by atoms with Crippen LogP contribution in [0, 0.1) is 0 Å². The lowest BCUT2D eigenvalue weighted by Crippen LogP contribution is -2.48. The van der Waals surface area contributed by atoms with Crippen molar-refractivity contribution in [1.82, 2.24) is 10.2 Å². The molecule has 94 valence electrons. The molecule has 17 heavy (non-hydrogen) atoms. The summed E-state index contributed by atoms with van der Waals surface area (Å²) in [6.07, 6.45) is 0. The molecule has 1 aromatic carbocycles. The zero-order valence-corrected chi connectivity index (χ0v) is 10.8. The molecule has 0 unspecified atom stereocenters. The third kappa shape index (κ3) is 3.72. The predicted octanol–water partition coefficient (Wildman–Crippen LogP) is 1.88. The summed E-state index contributed by atoms with van der Waals surface area (Å²) in [7, 11) is 0. The highest BCUT2D eigenvalue weighted by molar-refractivity contribution is 5.28. The number of ether oxygens (including phenoxy) is 1. The lowest BCUT2D eigenvalue weighted by atomic mass is 10.1. The van der Waals surface area contributed by atoms with Gasteiger partial charge in [0, 0.05) is 32.2 Å². The highest BCUT2D eigenvalue weighted by Gasteiger charge is 2.15. The molecule has 1 saturated heterocycles. The van der Waals surface area contributed by atoms with Crippen molar-refractivity contribution < 1.29 is 4.74 Å². The Labute approximate surface area is 104 Å².